The summed E-state index contributed by atoms with van der Waals surface area (Å²) in [4.78, 5) is 28.7. The van der Waals surface area contributed by atoms with Crippen molar-refractivity contribution in [2.24, 2.45) is 0 Å². The van der Waals surface area contributed by atoms with Crippen LogP contribution in [0.5, 0.6) is 0 Å². The normalized spacial score (nSPS) is 18.5. The van der Waals surface area contributed by atoms with E-state index in [2.05, 4.69) is 6.07 Å². The molecular weight excluding hydrogens is 446 g/mol. The van der Waals surface area contributed by atoms with Gasteiger partial charge in [0.05, 0.1) is 18.7 Å². The van der Waals surface area contributed by atoms with Crippen molar-refractivity contribution in [1.82, 2.24) is 0 Å². The highest BCUT2D eigenvalue weighted by atomic mass is 35.5. The molecule has 0 saturated carbocycles. The summed E-state index contributed by atoms with van der Waals surface area (Å²) >= 11 is 6.01. The van der Waals surface area contributed by atoms with Gasteiger partial charge in [-0.15, -0.1) is 0 Å². The average molecular weight is 468 g/mol. The van der Waals surface area contributed by atoms with Crippen molar-refractivity contribution >= 4 is 39.8 Å². The Labute approximate surface area is 202 Å². The SMILES string of the molecule is O=C(C[C@@]1(O)C(=O)N(Cc2ccc(Cl)cc2)c2ccccc21)c1ccc2c3c(cccc13)CC2. The van der Waals surface area contributed by atoms with Crippen molar-refractivity contribution in [2.75, 3.05) is 4.90 Å². The number of aliphatic hydroxyl groups is 1. The average Bonchev–Trinajstić information content (AvgIpc) is 3.36. The number of halogens is 1. The number of fused-ring (bicyclic) bond motifs is 1. The highest BCUT2D eigenvalue weighted by Gasteiger charge is 2.50. The van der Waals surface area contributed by atoms with Crippen LogP contribution in [0.2, 0.25) is 5.02 Å². The van der Waals surface area contributed by atoms with Crippen molar-refractivity contribution < 1.29 is 14.7 Å². The molecule has 0 unspecified atom stereocenters. The lowest BCUT2D eigenvalue weighted by Crippen LogP contribution is -2.41. The van der Waals surface area contributed by atoms with Gasteiger partial charge in [0, 0.05) is 16.1 Å². The van der Waals surface area contributed by atoms with Gasteiger partial charge in [-0.2, -0.15) is 0 Å². The summed E-state index contributed by atoms with van der Waals surface area (Å²) in [5.74, 6) is -0.725. The third-order valence-corrected chi connectivity index (χ3v) is 7.34. The van der Waals surface area contributed by atoms with Crippen LogP contribution in [0.25, 0.3) is 10.8 Å². The van der Waals surface area contributed by atoms with Crippen LogP contribution in [0.4, 0.5) is 5.69 Å². The molecule has 0 saturated heterocycles. The number of hydrogen-bond donors (Lipinski definition) is 1. The van der Waals surface area contributed by atoms with Crippen LogP contribution < -0.4 is 4.90 Å². The monoisotopic (exact) mass is 467 g/mol. The quantitative estimate of drug-likeness (QED) is 0.389. The van der Waals surface area contributed by atoms with Crippen LogP contribution in [0, 0.1) is 0 Å². The largest absolute Gasteiger partial charge is 0.375 e. The summed E-state index contributed by atoms with van der Waals surface area (Å²) in [5, 5.41) is 14.4. The van der Waals surface area contributed by atoms with Gasteiger partial charge in [-0.3, -0.25) is 9.59 Å². The van der Waals surface area contributed by atoms with Crippen molar-refractivity contribution in [3.8, 4) is 0 Å². The first kappa shape index (κ1) is 21.1. The van der Waals surface area contributed by atoms with E-state index in [9.17, 15) is 14.7 Å². The van der Waals surface area contributed by atoms with Crippen LogP contribution >= 0.6 is 11.6 Å². The molecule has 0 fully saturated rings. The van der Waals surface area contributed by atoms with Gasteiger partial charge < -0.3 is 10.0 Å². The molecule has 0 spiro atoms. The number of anilines is 1. The number of benzene rings is 4. The van der Waals surface area contributed by atoms with E-state index in [4.69, 9.17) is 11.6 Å². The predicted molar refractivity (Wildman–Crippen MR) is 133 cm³/mol. The lowest BCUT2D eigenvalue weighted by Gasteiger charge is -2.23. The Morgan fingerprint density at radius 3 is 2.44 bits per heavy atom. The second-order valence-electron chi connectivity index (χ2n) is 9.11. The molecule has 0 bridgehead atoms. The Morgan fingerprint density at radius 2 is 1.65 bits per heavy atom. The number of aryl methyl sites for hydroxylation is 2. The lowest BCUT2D eigenvalue weighted by atomic mass is 9.86. The Hall–Kier alpha value is -3.47. The molecule has 1 atom stereocenters. The van der Waals surface area contributed by atoms with E-state index in [1.54, 1.807) is 29.2 Å². The highest BCUT2D eigenvalue weighted by molar-refractivity contribution is 6.30. The fourth-order valence-electron chi connectivity index (χ4n) is 5.42. The van der Waals surface area contributed by atoms with E-state index in [0.29, 0.717) is 21.8 Å². The smallest absolute Gasteiger partial charge is 0.264 e. The van der Waals surface area contributed by atoms with Gasteiger partial charge in [0.2, 0.25) is 0 Å². The van der Waals surface area contributed by atoms with Crippen LogP contribution in [0.15, 0.2) is 78.9 Å². The molecule has 1 aliphatic heterocycles. The van der Waals surface area contributed by atoms with Crippen LogP contribution in [-0.2, 0) is 29.8 Å². The van der Waals surface area contributed by atoms with Gasteiger partial charge in [0.1, 0.15) is 0 Å². The molecule has 0 radical (unpaired) electrons. The number of amides is 1. The molecule has 1 N–H and O–H groups in total. The fourth-order valence-corrected chi connectivity index (χ4v) is 5.55. The molecule has 4 aromatic rings. The van der Waals surface area contributed by atoms with Crippen LogP contribution in [-0.4, -0.2) is 16.8 Å². The molecule has 168 valence electrons. The fraction of sp³-hybridized carbons (Fsp3) is 0.172. The molecule has 4 aromatic carbocycles. The highest BCUT2D eigenvalue weighted by Crippen LogP contribution is 2.44. The molecule has 2 aliphatic rings. The maximum Gasteiger partial charge on any atom is 0.264 e. The van der Waals surface area contributed by atoms with Crippen molar-refractivity contribution in [3.63, 3.8) is 0 Å². The zero-order valence-electron chi connectivity index (χ0n) is 18.4. The first-order chi connectivity index (χ1) is 16.5. The van der Waals surface area contributed by atoms with E-state index < -0.39 is 11.5 Å². The van der Waals surface area contributed by atoms with Crippen molar-refractivity contribution in [3.05, 3.63) is 112 Å². The van der Waals surface area contributed by atoms with Gasteiger partial charge in [-0.25, -0.2) is 0 Å². The van der Waals surface area contributed by atoms with Crippen molar-refractivity contribution in [2.45, 2.75) is 31.4 Å². The van der Waals surface area contributed by atoms with E-state index in [1.807, 2.05) is 48.5 Å². The second kappa shape index (κ2) is 7.79. The summed E-state index contributed by atoms with van der Waals surface area (Å²) in [7, 11) is 0. The summed E-state index contributed by atoms with van der Waals surface area (Å²) in [6.45, 7) is 0.282. The van der Waals surface area contributed by atoms with Gasteiger partial charge in [-0.1, -0.05) is 72.3 Å². The van der Waals surface area contributed by atoms with Crippen LogP contribution in [0.1, 0.15) is 39.0 Å². The zero-order valence-corrected chi connectivity index (χ0v) is 19.2. The third kappa shape index (κ3) is 3.17. The number of carbonyl (C=O) groups excluding carboxylic acids is 2. The van der Waals surface area contributed by atoms with E-state index in [-0.39, 0.29) is 18.7 Å². The van der Waals surface area contributed by atoms with E-state index >= 15 is 0 Å². The van der Waals surface area contributed by atoms with Gasteiger partial charge in [-0.05, 0) is 58.5 Å². The van der Waals surface area contributed by atoms with Crippen molar-refractivity contribution in [1.29, 1.82) is 0 Å². The van der Waals surface area contributed by atoms with Gasteiger partial charge >= 0.3 is 0 Å². The molecule has 34 heavy (non-hydrogen) atoms. The third-order valence-electron chi connectivity index (χ3n) is 7.09. The first-order valence-corrected chi connectivity index (χ1v) is 11.8. The summed E-state index contributed by atoms with van der Waals surface area (Å²) < 4.78 is 0. The molecular formula is C29H22ClNO3. The molecule has 1 aliphatic carbocycles. The minimum atomic E-state index is -1.91. The molecule has 5 heteroatoms. The van der Waals surface area contributed by atoms with E-state index in [0.717, 1.165) is 29.2 Å². The summed E-state index contributed by atoms with van der Waals surface area (Å²) in [5.41, 5.74) is 3.11. The number of ketones is 1. The lowest BCUT2D eigenvalue weighted by molar-refractivity contribution is -0.136. The Balaban J connectivity index is 1.37. The molecule has 1 amide bonds. The molecule has 0 aromatic heterocycles. The summed E-state index contributed by atoms with van der Waals surface area (Å²) in [6, 6.07) is 24.3. The topological polar surface area (TPSA) is 57.6 Å². The van der Waals surface area contributed by atoms with E-state index in [1.165, 1.54) is 11.1 Å². The Bertz CT molecular complexity index is 1470. The first-order valence-electron chi connectivity index (χ1n) is 11.4. The Kier molecular flexibility index (Phi) is 4.83. The number of carbonyl (C=O) groups is 2. The predicted octanol–water partition coefficient (Wildman–Crippen LogP) is 5.60. The standard InChI is InChI=1S/C29H22ClNO3/c30-21-13-8-18(9-14-21)17-31-25-7-2-1-6-24(25)29(34,28(31)33)16-26(32)22-15-12-20-11-10-19-4-3-5-23(22)27(19)20/h1-9,12-15,34H,10-11,16-17H2/t29-/m0/s1. The molecule has 1 heterocycles. The number of rotatable bonds is 5. The zero-order chi connectivity index (χ0) is 23.4. The number of nitrogens with zero attached hydrogens (tertiary/aromatic N) is 1. The number of para-hydroxylation sites is 1. The van der Waals surface area contributed by atoms with Gasteiger partial charge in [0.15, 0.2) is 11.4 Å². The minimum absolute atomic E-state index is 0.241. The minimum Gasteiger partial charge on any atom is -0.375 e. The maximum atomic E-state index is 13.6. The number of Topliss-reactive ketones (excluding diaryl/α,β-unsaturated/α-hetero) is 1. The van der Waals surface area contributed by atoms with Crippen LogP contribution in [0.3, 0.4) is 0 Å². The summed E-state index contributed by atoms with van der Waals surface area (Å²) in [6.07, 6.45) is 1.64. The second-order valence-corrected chi connectivity index (χ2v) is 9.54. The molecule has 6 rings (SSSR count). The Morgan fingerprint density at radius 1 is 0.912 bits per heavy atom. The number of hydrogen-bond acceptors (Lipinski definition) is 3. The maximum absolute atomic E-state index is 13.6. The van der Waals surface area contributed by atoms with Gasteiger partial charge in [0.25, 0.3) is 5.91 Å². The molecule has 4 nitrogen and oxygen atoms in total.